The minimum Gasteiger partial charge on any atom is -0.489 e. The van der Waals surface area contributed by atoms with Gasteiger partial charge in [0, 0.05) is 11.5 Å². The number of methoxy groups -OCH3 is 1. The summed E-state index contributed by atoms with van der Waals surface area (Å²) >= 11 is 6.13. The van der Waals surface area contributed by atoms with Crippen molar-refractivity contribution in [2.24, 2.45) is 11.8 Å². The number of ether oxygens (including phenoxy) is 2. The fraction of sp³-hybridized carbons (Fsp3) is 0.467. The molecule has 2 atom stereocenters. The average Bonchev–Trinajstić information content (AvgIpc) is 3.33. The third kappa shape index (κ3) is 2.66. The molecule has 0 saturated heterocycles. The third-order valence-corrected chi connectivity index (χ3v) is 3.96. The molecule has 5 heteroatoms. The molecule has 0 aliphatic heterocycles. The normalized spacial score (nSPS) is 24.1. The monoisotopic (exact) mass is 294 g/mol. The largest absolute Gasteiger partial charge is 0.489 e. The van der Waals surface area contributed by atoms with Crippen LogP contribution in [0.2, 0.25) is 5.02 Å². The van der Waals surface area contributed by atoms with E-state index in [4.69, 9.17) is 16.3 Å². The van der Waals surface area contributed by atoms with Crippen LogP contribution in [-0.4, -0.2) is 25.0 Å². The van der Waals surface area contributed by atoms with Gasteiger partial charge in [0.2, 0.25) is 0 Å². The van der Waals surface area contributed by atoms with Gasteiger partial charge in [0.05, 0.1) is 24.2 Å². The smallest absolute Gasteiger partial charge is 0.309 e. The van der Waals surface area contributed by atoms with Crippen LogP contribution in [-0.2, 0) is 9.53 Å². The summed E-state index contributed by atoms with van der Waals surface area (Å²) in [5.41, 5.74) is 0.523. The number of esters is 1. The Labute approximate surface area is 122 Å². The van der Waals surface area contributed by atoms with Crippen molar-refractivity contribution in [2.75, 3.05) is 7.11 Å². The van der Waals surface area contributed by atoms with Crippen molar-refractivity contribution >= 4 is 23.4 Å². The van der Waals surface area contributed by atoms with E-state index in [1.54, 1.807) is 18.2 Å². The van der Waals surface area contributed by atoms with Gasteiger partial charge in [-0.2, -0.15) is 0 Å². The first-order valence-electron chi connectivity index (χ1n) is 6.68. The van der Waals surface area contributed by atoms with Crippen molar-refractivity contribution < 1.29 is 19.1 Å². The first-order valence-corrected chi connectivity index (χ1v) is 7.06. The summed E-state index contributed by atoms with van der Waals surface area (Å²) in [7, 11) is 1.34. The van der Waals surface area contributed by atoms with E-state index in [1.807, 2.05) is 0 Å². The lowest BCUT2D eigenvalue weighted by molar-refractivity contribution is -0.142. The van der Waals surface area contributed by atoms with E-state index in [2.05, 4.69) is 4.74 Å². The Morgan fingerprint density at radius 2 is 2.00 bits per heavy atom. The molecule has 106 valence electrons. The van der Waals surface area contributed by atoms with E-state index < -0.39 is 0 Å². The van der Waals surface area contributed by atoms with Crippen LogP contribution in [0, 0.1) is 11.8 Å². The molecule has 1 aromatic rings. The fourth-order valence-corrected chi connectivity index (χ4v) is 2.45. The average molecular weight is 295 g/mol. The summed E-state index contributed by atoms with van der Waals surface area (Å²) in [6.45, 7) is 0. The zero-order chi connectivity index (χ0) is 14.3. The zero-order valence-electron chi connectivity index (χ0n) is 11.1. The van der Waals surface area contributed by atoms with Crippen LogP contribution in [0.4, 0.5) is 0 Å². The molecule has 4 nitrogen and oxygen atoms in total. The maximum Gasteiger partial charge on any atom is 0.309 e. The van der Waals surface area contributed by atoms with Crippen LogP contribution in [0.15, 0.2) is 18.2 Å². The molecule has 0 unspecified atom stereocenters. The molecule has 0 N–H and O–H groups in total. The second kappa shape index (κ2) is 5.09. The SMILES string of the molecule is COC(=O)[C@@H]1C[C@@H]1C(=O)c1ccc(OC2CC2)c(Cl)c1. The summed E-state index contributed by atoms with van der Waals surface area (Å²) in [6.07, 6.45) is 2.93. The van der Waals surface area contributed by atoms with Gasteiger partial charge in [-0.15, -0.1) is 0 Å². The summed E-state index contributed by atoms with van der Waals surface area (Å²) in [5, 5.41) is 0.443. The Morgan fingerprint density at radius 1 is 1.25 bits per heavy atom. The lowest BCUT2D eigenvalue weighted by Crippen LogP contribution is -2.10. The van der Waals surface area contributed by atoms with Crippen molar-refractivity contribution in [1.29, 1.82) is 0 Å². The van der Waals surface area contributed by atoms with Gasteiger partial charge in [0.15, 0.2) is 5.78 Å². The summed E-state index contributed by atoms with van der Waals surface area (Å²) < 4.78 is 10.3. The fourth-order valence-electron chi connectivity index (χ4n) is 2.23. The maximum absolute atomic E-state index is 12.2. The standard InChI is InChI=1S/C15H15ClO4/c1-19-15(18)11-7-10(11)14(17)8-2-5-13(12(16)6-8)20-9-3-4-9/h2,5-6,9-11H,3-4,7H2,1H3/t10-,11+/m0/s1. The van der Waals surface area contributed by atoms with Gasteiger partial charge in [-0.1, -0.05) is 11.6 Å². The van der Waals surface area contributed by atoms with Crippen LogP contribution in [0.3, 0.4) is 0 Å². The zero-order valence-corrected chi connectivity index (χ0v) is 11.9. The van der Waals surface area contributed by atoms with Gasteiger partial charge in [0.1, 0.15) is 5.75 Å². The number of hydrogen-bond acceptors (Lipinski definition) is 4. The molecule has 0 amide bonds. The lowest BCUT2D eigenvalue weighted by Gasteiger charge is -2.08. The van der Waals surface area contributed by atoms with Crippen molar-refractivity contribution in [3.8, 4) is 5.75 Å². The first kappa shape index (κ1) is 13.4. The topological polar surface area (TPSA) is 52.6 Å². The minimum atomic E-state index is -0.317. The molecule has 0 bridgehead atoms. The van der Waals surface area contributed by atoms with Crippen LogP contribution < -0.4 is 4.74 Å². The van der Waals surface area contributed by atoms with E-state index in [0.29, 0.717) is 22.8 Å². The highest BCUT2D eigenvalue weighted by Gasteiger charge is 2.49. The highest BCUT2D eigenvalue weighted by atomic mass is 35.5. The molecule has 0 heterocycles. The van der Waals surface area contributed by atoms with Crippen molar-refractivity contribution in [1.82, 2.24) is 0 Å². The number of ketones is 1. The first-order chi connectivity index (χ1) is 9.60. The van der Waals surface area contributed by atoms with E-state index >= 15 is 0 Å². The van der Waals surface area contributed by atoms with Crippen LogP contribution in [0.25, 0.3) is 0 Å². The molecule has 20 heavy (non-hydrogen) atoms. The van der Waals surface area contributed by atoms with Crippen LogP contribution in [0.1, 0.15) is 29.6 Å². The van der Waals surface area contributed by atoms with Crippen molar-refractivity contribution in [3.05, 3.63) is 28.8 Å². The number of rotatable bonds is 5. The number of benzene rings is 1. The van der Waals surface area contributed by atoms with Crippen LogP contribution >= 0.6 is 11.6 Å². The van der Waals surface area contributed by atoms with E-state index in [-0.39, 0.29) is 29.7 Å². The van der Waals surface area contributed by atoms with Gasteiger partial charge in [0.25, 0.3) is 0 Å². The van der Waals surface area contributed by atoms with Crippen LogP contribution in [0.5, 0.6) is 5.75 Å². The summed E-state index contributed by atoms with van der Waals surface area (Å²) in [5.74, 6) is -0.322. The summed E-state index contributed by atoms with van der Waals surface area (Å²) in [4.78, 5) is 23.6. The molecule has 2 aliphatic rings. The molecule has 2 aliphatic carbocycles. The predicted molar refractivity (Wildman–Crippen MR) is 73.0 cm³/mol. The Kier molecular flexibility index (Phi) is 3.42. The Hall–Kier alpha value is -1.55. The van der Waals surface area contributed by atoms with Gasteiger partial charge in [-0.25, -0.2) is 0 Å². The van der Waals surface area contributed by atoms with Crippen molar-refractivity contribution in [3.63, 3.8) is 0 Å². The molecule has 0 spiro atoms. The minimum absolute atomic E-state index is 0.0553. The molecule has 2 saturated carbocycles. The number of Topliss-reactive ketones (excluding diaryl/α,β-unsaturated/α-hetero) is 1. The summed E-state index contributed by atoms with van der Waals surface area (Å²) in [6, 6.07) is 5.05. The van der Waals surface area contributed by atoms with E-state index in [1.165, 1.54) is 7.11 Å². The van der Waals surface area contributed by atoms with Gasteiger partial charge >= 0.3 is 5.97 Å². The second-order valence-electron chi connectivity index (χ2n) is 5.30. The molecular weight excluding hydrogens is 280 g/mol. The third-order valence-electron chi connectivity index (χ3n) is 3.67. The number of carbonyl (C=O) groups is 2. The van der Waals surface area contributed by atoms with E-state index in [0.717, 1.165) is 12.8 Å². The number of carbonyl (C=O) groups excluding carboxylic acids is 2. The van der Waals surface area contributed by atoms with Gasteiger partial charge in [-0.3, -0.25) is 9.59 Å². The Bertz CT molecular complexity index is 565. The molecular formula is C15H15ClO4. The second-order valence-corrected chi connectivity index (χ2v) is 5.71. The Balaban J connectivity index is 1.69. The lowest BCUT2D eigenvalue weighted by atomic mass is 10.1. The quantitative estimate of drug-likeness (QED) is 0.619. The molecule has 3 rings (SSSR count). The number of halogens is 1. The molecule has 0 radical (unpaired) electrons. The molecule has 0 aromatic heterocycles. The van der Waals surface area contributed by atoms with E-state index in [9.17, 15) is 9.59 Å². The maximum atomic E-state index is 12.2. The predicted octanol–water partition coefficient (Wildman–Crippen LogP) is 2.87. The highest BCUT2D eigenvalue weighted by molar-refractivity contribution is 6.32. The number of hydrogen-bond donors (Lipinski definition) is 0. The highest BCUT2D eigenvalue weighted by Crippen LogP contribution is 2.42. The van der Waals surface area contributed by atoms with Gasteiger partial charge in [-0.05, 0) is 37.5 Å². The van der Waals surface area contributed by atoms with Crippen molar-refractivity contribution in [2.45, 2.75) is 25.4 Å². The molecule has 1 aromatic carbocycles. The molecule has 2 fully saturated rings. The Morgan fingerprint density at radius 3 is 2.60 bits per heavy atom. The van der Waals surface area contributed by atoms with Gasteiger partial charge < -0.3 is 9.47 Å².